The van der Waals surface area contributed by atoms with Crippen molar-refractivity contribution >= 4 is 29.2 Å². The summed E-state index contributed by atoms with van der Waals surface area (Å²) in [6, 6.07) is 20.0. The molecule has 3 aromatic carbocycles. The van der Waals surface area contributed by atoms with Crippen LogP contribution in [0.1, 0.15) is 26.3 Å². The molecular formula is C23H20N2O5. The first-order valence-corrected chi connectivity index (χ1v) is 9.15. The van der Waals surface area contributed by atoms with Crippen LogP contribution in [0.25, 0.3) is 0 Å². The zero-order valence-electron chi connectivity index (χ0n) is 16.2. The third kappa shape index (κ3) is 5.45. The molecule has 0 aromatic heterocycles. The highest BCUT2D eigenvalue weighted by molar-refractivity contribution is 6.04. The van der Waals surface area contributed by atoms with Crippen molar-refractivity contribution in [2.45, 2.75) is 6.92 Å². The van der Waals surface area contributed by atoms with Crippen LogP contribution in [-0.2, 0) is 4.79 Å². The first-order chi connectivity index (χ1) is 14.4. The summed E-state index contributed by atoms with van der Waals surface area (Å²) in [5, 5.41) is 14.5. The number of carboxylic acid groups (broad SMARTS) is 1. The summed E-state index contributed by atoms with van der Waals surface area (Å²) >= 11 is 0. The number of aromatic carboxylic acids is 1. The second-order valence-electron chi connectivity index (χ2n) is 6.52. The Bertz CT molecular complexity index is 1080. The van der Waals surface area contributed by atoms with E-state index in [0.717, 1.165) is 5.56 Å². The highest BCUT2D eigenvalue weighted by atomic mass is 16.5. The van der Waals surface area contributed by atoms with Crippen LogP contribution in [0.2, 0.25) is 0 Å². The van der Waals surface area contributed by atoms with E-state index in [4.69, 9.17) is 9.84 Å². The van der Waals surface area contributed by atoms with Crippen LogP contribution >= 0.6 is 0 Å². The molecule has 0 aliphatic carbocycles. The van der Waals surface area contributed by atoms with Crippen LogP contribution in [0.5, 0.6) is 5.75 Å². The number of hydrogen-bond donors (Lipinski definition) is 3. The number of aryl methyl sites for hydroxylation is 1. The lowest BCUT2D eigenvalue weighted by atomic mass is 10.1. The lowest BCUT2D eigenvalue weighted by molar-refractivity contribution is -0.118. The number of benzene rings is 3. The molecule has 30 heavy (non-hydrogen) atoms. The number of carboxylic acids is 1. The standard InChI is InChI=1S/C23H20N2O5/c1-15-10-11-17(23(28)29)12-20(15)25-21(26)14-30-19-9-5-8-18(13-19)24-22(27)16-6-3-2-4-7-16/h2-13H,14H2,1H3,(H,24,27)(H,25,26)(H,28,29). The Labute approximate surface area is 173 Å². The molecule has 0 saturated carbocycles. The molecule has 3 aromatic rings. The molecule has 0 aliphatic rings. The zero-order chi connectivity index (χ0) is 21.5. The van der Waals surface area contributed by atoms with Crippen LogP contribution < -0.4 is 15.4 Å². The van der Waals surface area contributed by atoms with Gasteiger partial charge in [0, 0.05) is 23.0 Å². The van der Waals surface area contributed by atoms with Crippen LogP contribution in [0.4, 0.5) is 11.4 Å². The summed E-state index contributed by atoms with van der Waals surface area (Å²) < 4.78 is 5.51. The first-order valence-electron chi connectivity index (χ1n) is 9.15. The fourth-order valence-electron chi connectivity index (χ4n) is 2.68. The fraction of sp³-hybridized carbons (Fsp3) is 0.0870. The molecule has 3 N–H and O–H groups in total. The molecule has 0 bridgehead atoms. The number of anilines is 2. The number of carbonyl (C=O) groups excluding carboxylic acids is 2. The molecule has 0 radical (unpaired) electrons. The van der Waals surface area contributed by atoms with Crippen molar-refractivity contribution in [3.8, 4) is 5.75 Å². The Hall–Kier alpha value is -4.13. The van der Waals surface area contributed by atoms with Gasteiger partial charge < -0.3 is 20.5 Å². The van der Waals surface area contributed by atoms with E-state index in [9.17, 15) is 14.4 Å². The van der Waals surface area contributed by atoms with Gasteiger partial charge in [-0.25, -0.2) is 4.79 Å². The Morgan fingerprint density at radius 1 is 0.867 bits per heavy atom. The Morgan fingerprint density at radius 3 is 2.37 bits per heavy atom. The maximum absolute atomic E-state index is 12.2. The van der Waals surface area contributed by atoms with Crippen LogP contribution in [0.15, 0.2) is 72.8 Å². The lowest BCUT2D eigenvalue weighted by Crippen LogP contribution is -2.21. The second kappa shape index (κ2) is 9.38. The van der Waals surface area contributed by atoms with Gasteiger partial charge in [0.15, 0.2) is 6.61 Å². The van der Waals surface area contributed by atoms with E-state index in [0.29, 0.717) is 22.7 Å². The molecule has 0 spiro atoms. The lowest BCUT2D eigenvalue weighted by Gasteiger charge is -2.11. The van der Waals surface area contributed by atoms with Gasteiger partial charge in [0.25, 0.3) is 11.8 Å². The van der Waals surface area contributed by atoms with E-state index in [1.165, 1.54) is 12.1 Å². The number of nitrogens with one attached hydrogen (secondary N) is 2. The number of hydrogen-bond acceptors (Lipinski definition) is 4. The van der Waals surface area contributed by atoms with Gasteiger partial charge >= 0.3 is 5.97 Å². The SMILES string of the molecule is Cc1ccc(C(=O)O)cc1NC(=O)COc1cccc(NC(=O)c2ccccc2)c1. The summed E-state index contributed by atoms with van der Waals surface area (Å²) in [4.78, 5) is 35.6. The van der Waals surface area contributed by atoms with Crippen LogP contribution in [-0.4, -0.2) is 29.5 Å². The summed E-state index contributed by atoms with van der Waals surface area (Å²) in [6.07, 6.45) is 0. The topological polar surface area (TPSA) is 105 Å². The van der Waals surface area contributed by atoms with Gasteiger partial charge in [0.2, 0.25) is 0 Å². The smallest absolute Gasteiger partial charge is 0.335 e. The minimum atomic E-state index is -1.07. The van der Waals surface area contributed by atoms with E-state index in [2.05, 4.69) is 10.6 Å². The van der Waals surface area contributed by atoms with Gasteiger partial charge in [0.1, 0.15) is 5.75 Å². The highest BCUT2D eigenvalue weighted by Gasteiger charge is 2.10. The fourth-order valence-corrected chi connectivity index (χ4v) is 2.68. The summed E-state index contributed by atoms with van der Waals surface area (Å²) in [7, 11) is 0. The van der Waals surface area contributed by atoms with Crippen LogP contribution in [0, 0.1) is 6.92 Å². The zero-order valence-corrected chi connectivity index (χ0v) is 16.2. The average Bonchev–Trinajstić information content (AvgIpc) is 2.74. The third-order valence-corrected chi connectivity index (χ3v) is 4.26. The molecule has 0 fully saturated rings. The van der Waals surface area contributed by atoms with Crippen molar-refractivity contribution in [2.24, 2.45) is 0 Å². The van der Waals surface area contributed by atoms with Gasteiger partial charge in [0.05, 0.1) is 5.56 Å². The average molecular weight is 404 g/mol. The van der Waals surface area contributed by atoms with E-state index >= 15 is 0 Å². The van der Waals surface area contributed by atoms with E-state index < -0.39 is 11.9 Å². The highest BCUT2D eigenvalue weighted by Crippen LogP contribution is 2.19. The van der Waals surface area contributed by atoms with Crippen molar-refractivity contribution in [3.63, 3.8) is 0 Å². The maximum Gasteiger partial charge on any atom is 0.335 e. The predicted octanol–water partition coefficient (Wildman–Crippen LogP) is 3.96. The van der Waals surface area contributed by atoms with E-state index in [-0.39, 0.29) is 18.1 Å². The molecule has 0 unspecified atom stereocenters. The quantitative estimate of drug-likeness (QED) is 0.553. The second-order valence-corrected chi connectivity index (χ2v) is 6.52. The third-order valence-electron chi connectivity index (χ3n) is 4.26. The molecule has 0 saturated heterocycles. The molecule has 7 nitrogen and oxygen atoms in total. The number of carbonyl (C=O) groups is 3. The molecule has 0 aliphatic heterocycles. The van der Waals surface area contributed by atoms with Crippen molar-refractivity contribution in [1.82, 2.24) is 0 Å². The normalized spacial score (nSPS) is 10.2. The molecule has 0 heterocycles. The molecule has 3 rings (SSSR count). The van der Waals surface area contributed by atoms with E-state index in [1.807, 2.05) is 6.07 Å². The van der Waals surface area contributed by atoms with Gasteiger partial charge in [-0.2, -0.15) is 0 Å². The van der Waals surface area contributed by atoms with Crippen molar-refractivity contribution < 1.29 is 24.2 Å². The maximum atomic E-state index is 12.2. The van der Waals surface area contributed by atoms with Crippen molar-refractivity contribution in [3.05, 3.63) is 89.5 Å². The van der Waals surface area contributed by atoms with Crippen molar-refractivity contribution in [2.75, 3.05) is 17.2 Å². The van der Waals surface area contributed by atoms with Crippen LogP contribution in [0.3, 0.4) is 0 Å². The van der Waals surface area contributed by atoms with Gasteiger partial charge in [-0.1, -0.05) is 30.3 Å². The minimum absolute atomic E-state index is 0.0821. The molecular weight excluding hydrogens is 384 g/mol. The van der Waals surface area contributed by atoms with Gasteiger partial charge in [-0.05, 0) is 48.9 Å². The van der Waals surface area contributed by atoms with Gasteiger partial charge in [-0.15, -0.1) is 0 Å². The van der Waals surface area contributed by atoms with Crippen molar-refractivity contribution in [1.29, 1.82) is 0 Å². The Morgan fingerprint density at radius 2 is 1.63 bits per heavy atom. The number of rotatable bonds is 7. The molecule has 0 atom stereocenters. The first kappa shape index (κ1) is 20.6. The van der Waals surface area contributed by atoms with E-state index in [1.54, 1.807) is 61.5 Å². The predicted molar refractivity (Wildman–Crippen MR) is 113 cm³/mol. The summed E-state index contributed by atoms with van der Waals surface area (Å²) in [6.45, 7) is 1.49. The Balaban J connectivity index is 1.59. The van der Waals surface area contributed by atoms with Gasteiger partial charge in [-0.3, -0.25) is 9.59 Å². The largest absolute Gasteiger partial charge is 0.484 e. The molecule has 2 amide bonds. The Kier molecular flexibility index (Phi) is 6.44. The molecule has 7 heteroatoms. The summed E-state index contributed by atoms with van der Waals surface area (Å²) in [5.41, 5.74) is 2.29. The summed E-state index contributed by atoms with van der Waals surface area (Å²) in [5.74, 6) is -1.35. The number of ether oxygens (including phenoxy) is 1. The number of amides is 2. The molecule has 152 valence electrons. The monoisotopic (exact) mass is 404 g/mol. The minimum Gasteiger partial charge on any atom is -0.484 e.